The number of aliphatic carboxylic acids is 1. The van der Waals surface area contributed by atoms with Crippen molar-refractivity contribution in [2.24, 2.45) is 0 Å². The summed E-state index contributed by atoms with van der Waals surface area (Å²) in [4.78, 5) is 35.3. The molecular formula is C14H19N3O4. The summed E-state index contributed by atoms with van der Waals surface area (Å²) in [6.45, 7) is 2.32. The summed E-state index contributed by atoms with van der Waals surface area (Å²) < 4.78 is 0. The molecule has 0 fully saturated rings. The molecule has 7 nitrogen and oxygen atoms in total. The lowest BCUT2D eigenvalue weighted by atomic mass is 10.1. The molecule has 0 saturated heterocycles. The summed E-state index contributed by atoms with van der Waals surface area (Å²) in [6, 6.07) is 6.03. The average Bonchev–Trinajstić information content (AvgIpc) is 2.43. The maximum absolute atomic E-state index is 11.7. The van der Waals surface area contributed by atoms with Crippen LogP contribution >= 0.6 is 0 Å². The second kappa shape index (κ2) is 7.88. The SMILES string of the molecule is CCN(C)C(=O)CNC(=O)Nc1cccc(CC(=O)O)c1. The van der Waals surface area contributed by atoms with Gasteiger partial charge < -0.3 is 20.6 Å². The highest BCUT2D eigenvalue weighted by molar-refractivity contribution is 5.92. The first-order chi connectivity index (χ1) is 9.92. The van der Waals surface area contributed by atoms with E-state index >= 15 is 0 Å². The smallest absolute Gasteiger partial charge is 0.319 e. The highest BCUT2D eigenvalue weighted by atomic mass is 16.4. The number of carboxylic acid groups (broad SMARTS) is 1. The molecule has 1 aromatic carbocycles. The van der Waals surface area contributed by atoms with E-state index in [0.29, 0.717) is 17.8 Å². The van der Waals surface area contributed by atoms with Crippen molar-refractivity contribution in [3.8, 4) is 0 Å². The van der Waals surface area contributed by atoms with Gasteiger partial charge in [-0.2, -0.15) is 0 Å². The van der Waals surface area contributed by atoms with Gasteiger partial charge in [0.05, 0.1) is 13.0 Å². The Morgan fingerprint density at radius 2 is 2.00 bits per heavy atom. The monoisotopic (exact) mass is 293 g/mol. The highest BCUT2D eigenvalue weighted by Crippen LogP contribution is 2.11. The van der Waals surface area contributed by atoms with Crippen LogP contribution in [0.25, 0.3) is 0 Å². The molecule has 21 heavy (non-hydrogen) atoms. The van der Waals surface area contributed by atoms with Crippen LogP contribution in [0.1, 0.15) is 12.5 Å². The van der Waals surface area contributed by atoms with E-state index in [1.54, 1.807) is 31.3 Å². The summed E-state index contributed by atoms with van der Waals surface area (Å²) in [5, 5.41) is 13.7. The van der Waals surface area contributed by atoms with Crippen LogP contribution in [-0.4, -0.2) is 48.1 Å². The zero-order valence-electron chi connectivity index (χ0n) is 12.0. The van der Waals surface area contributed by atoms with Gasteiger partial charge >= 0.3 is 12.0 Å². The molecule has 0 unspecified atom stereocenters. The summed E-state index contributed by atoms with van der Waals surface area (Å²) in [6.07, 6.45) is -0.114. The number of carbonyl (C=O) groups is 3. The fourth-order valence-electron chi connectivity index (χ4n) is 1.58. The van der Waals surface area contributed by atoms with E-state index in [4.69, 9.17) is 5.11 Å². The topological polar surface area (TPSA) is 98.7 Å². The third kappa shape index (κ3) is 5.94. The van der Waals surface area contributed by atoms with E-state index in [-0.39, 0.29) is 18.9 Å². The number of benzene rings is 1. The van der Waals surface area contributed by atoms with Crippen LogP contribution in [0.15, 0.2) is 24.3 Å². The number of urea groups is 1. The van der Waals surface area contributed by atoms with Gasteiger partial charge in [0.25, 0.3) is 0 Å². The Balaban J connectivity index is 2.51. The maximum Gasteiger partial charge on any atom is 0.319 e. The quantitative estimate of drug-likeness (QED) is 0.726. The number of carbonyl (C=O) groups excluding carboxylic acids is 2. The number of hydrogen-bond donors (Lipinski definition) is 3. The second-order valence-corrected chi connectivity index (χ2v) is 4.49. The molecule has 1 rings (SSSR count). The zero-order valence-corrected chi connectivity index (χ0v) is 12.0. The third-order valence-corrected chi connectivity index (χ3v) is 2.84. The number of hydrogen-bond acceptors (Lipinski definition) is 3. The molecule has 7 heteroatoms. The number of anilines is 1. The number of amides is 3. The van der Waals surface area contributed by atoms with Crippen LogP contribution in [0.4, 0.5) is 10.5 Å². The summed E-state index contributed by atoms with van der Waals surface area (Å²) in [7, 11) is 1.65. The number of rotatable bonds is 6. The van der Waals surface area contributed by atoms with Crippen molar-refractivity contribution in [1.29, 1.82) is 0 Å². The van der Waals surface area contributed by atoms with Crippen molar-refractivity contribution in [3.63, 3.8) is 0 Å². The Morgan fingerprint density at radius 1 is 1.29 bits per heavy atom. The molecule has 3 N–H and O–H groups in total. The number of carboxylic acids is 1. The van der Waals surface area contributed by atoms with Crippen LogP contribution in [0.3, 0.4) is 0 Å². The van der Waals surface area contributed by atoms with Crippen molar-refractivity contribution in [1.82, 2.24) is 10.2 Å². The molecule has 1 aromatic rings. The van der Waals surface area contributed by atoms with E-state index in [2.05, 4.69) is 10.6 Å². The van der Waals surface area contributed by atoms with Crippen molar-refractivity contribution in [3.05, 3.63) is 29.8 Å². The molecule has 0 aromatic heterocycles. The Kier molecular flexibility index (Phi) is 6.19. The molecule has 0 saturated carbocycles. The van der Waals surface area contributed by atoms with Crippen molar-refractivity contribution >= 4 is 23.6 Å². The van der Waals surface area contributed by atoms with Crippen LogP contribution in [0.5, 0.6) is 0 Å². The summed E-state index contributed by atoms with van der Waals surface area (Å²) in [5.41, 5.74) is 1.06. The van der Waals surface area contributed by atoms with Crippen LogP contribution in [0.2, 0.25) is 0 Å². The van der Waals surface area contributed by atoms with E-state index in [1.807, 2.05) is 6.92 Å². The van der Waals surface area contributed by atoms with Gasteiger partial charge in [0, 0.05) is 19.3 Å². The van der Waals surface area contributed by atoms with E-state index in [1.165, 1.54) is 4.90 Å². The molecule has 0 spiro atoms. The van der Waals surface area contributed by atoms with Crippen molar-refractivity contribution in [2.45, 2.75) is 13.3 Å². The predicted molar refractivity (Wildman–Crippen MR) is 78.1 cm³/mol. The molecule has 0 aliphatic heterocycles. The fourth-order valence-corrected chi connectivity index (χ4v) is 1.58. The van der Waals surface area contributed by atoms with Gasteiger partial charge in [0.2, 0.25) is 5.91 Å². The summed E-state index contributed by atoms with van der Waals surface area (Å²) in [5.74, 6) is -1.13. The minimum atomic E-state index is -0.940. The number of nitrogens with zero attached hydrogens (tertiary/aromatic N) is 1. The van der Waals surface area contributed by atoms with Crippen LogP contribution in [0, 0.1) is 0 Å². The van der Waals surface area contributed by atoms with Gasteiger partial charge in [0.15, 0.2) is 0 Å². The first-order valence-electron chi connectivity index (χ1n) is 6.52. The minimum absolute atomic E-state index is 0.0923. The highest BCUT2D eigenvalue weighted by Gasteiger charge is 2.09. The Morgan fingerprint density at radius 3 is 2.62 bits per heavy atom. The second-order valence-electron chi connectivity index (χ2n) is 4.49. The molecule has 0 aliphatic carbocycles. The lowest BCUT2D eigenvalue weighted by molar-refractivity contribution is -0.136. The Labute approximate surface area is 122 Å². The number of likely N-dealkylation sites (N-methyl/N-ethyl adjacent to an activating group) is 1. The average molecular weight is 293 g/mol. The van der Waals surface area contributed by atoms with E-state index in [9.17, 15) is 14.4 Å². The fraction of sp³-hybridized carbons (Fsp3) is 0.357. The molecule has 0 aliphatic rings. The lowest BCUT2D eigenvalue weighted by Crippen LogP contribution is -2.39. The predicted octanol–water partition coefficient (Wildman–Crippen LogP) is 0.913. The van der Waals surface area contributed by atoms with Crippen LogP contribution in [-0.2, 0) is 16.0 Å². The molecule has 0 radical (unpaired) electrons. The van der Waals surface area contributed by atoms with Gasteiger partial charge in [-0.15, -0.1) is 0 Å². The first kappa shape index (κ1) is 16.5. The van der Waals surface area contributed by atoms with E-state index in [0.717, 1.165) is 0 Å². The normalized spacial score (nSPS) is 9.81. The lowest BCUT2D eigenvalue weighted by Gasteiger charge is -2.15. The zero-order chi connectivity index (χ0) is 15.8. The molecular weight excluding hydrogens is 274 g/mol. The van der Waals surface area contributed by atoms with Gasteiger partial charge in [-0.3, -0.25) is 9.59 Å². The van der Waals surface area contributed by atoms with Gasteiger partial charge in [-0.25, -0.2) is 4.79 Å². The largest absolute Gasteiger partial charge is 0.481 e. The molecule has 0 atom stereocenters. The minimum Gasteiger partial charge on any atom is -0.481 e. The van der Waals surface area contributed by atoms with Crippen molar-refractivity contribution in [2.75, 3.05) is 25.5 Å². The standard InChI is InChI=1S/C14H19N3O4/c1-3-17(2)12(18)9-15-14(21)16-11-6-4-5-10(7-11)8-13(19)20/h4-7H,3,8-9H2,1-2H3,(H,19,20)(H2,15,16,21). The van der Waals surface area contributed by atoms with Gasteiger partial charge in [0.1, 0.15) is 0 Å². The summed E-state index contributed by atoms with van der Waals surface area (Å²) >= 11 is 0. The molecule has 114 valence electrons. The van der Waals surface area contributed by atoms with Crippen LogP contribution < -0.4 is 10.6 Å². The van der Waals surface area contributed by atoms with Crippen molar-refractivity contribution < 1.29 is 19.5 Å². The number of nitrogens with one attached hydrogen (secondary N) is 2. The maximum atomic E-state index is 11.7. The Bertz CT molecular complexity index is 531. The third-order valence-electron chi connectivity index (χ3n) is 2.84. The Hall–Kier alpha value is -2.57. The molecule has 0 bridgehead atoms. The van der Waals surface area contributed by atoms with Gasteiger partial charge in [-0.1, -0.05) is 12.1 Å². The van der Waals surface area contributed by atoms with E-state index < -0.39 is 12.0 Å². The molecule has 3 amide bonds. The molecule has 0 heterocycles. The first-order valence-corrected chi connectivity index (χ1v) is 6.52. The van der Waals surface area contributed by atoms with Gasteiger partial charge in [-0.05, 0) is 24.6 Å².